The van der Waals surface area contributed by atoms with Crippen molar-refractivity contribution in [2.75, 3.05) is 39.3 Å². The van der Waals surface area contributed by atoms with Crippen molar-refractivity contribution >= 4 is 0 Å². The maximum atomic E-state index is 2.83. The summed E-state index contributed by atoms with van der Waals surface area (Å²) in [5.74, 6) is 3.31. The number of likely N-dealkylation sites (tertiary alicyclic amines) is 2. The molecule has 1 saturated carbocycles. The molecule has 2 aromatic rings. The second kappa shape index (κ2) is 11.0. The normalized spacial score (nSPS) is 26.5. The van der Waals surface area contributed by atoms with Gasteiger partial charge in [0.25, 0.3) is 0 Å². The van der Waals surface area contributed by atoms with Crippen LogP contribution in [0.3, 0.4) is 0 Å². The van der Waals surface area contributed by atoms with E-state index in [2.05, 4.69) is 70.5 Å². The summed E-state index contributed by atoms with van der Waals surface area (Å²) >= 11 is 0. The van der Waals surface area contributed by atoms with Crippen LogP contribution in [-0.4, -0.2) is 49.1 Å². The highest BCUT2D eigenvalue weighted by Gasteiger charge is 2.36. The summed E-state index contributed by atoms with van der Waals surface area (Å²) in [7, 11) is 0. The summed E-state index contributed by atoms with van der Waals surface area (Å²) < 4.78 is 0. The summed E-state index contributed by atoms with van der Waals surface area (Å²) in [5, 5.41) is 0. The predicted molar refractivity (Wildman–Crippen MR) is 135 cm³/mol. The molecule has 3 aliphatic rings. The fraction of sp³-hybridized carbons (Fsp3) is 0.600. The molecule has 2 atom stereocenters. The SMILES string of the molecule is c1ccc(CC2CCN(C[C@H]3CN(CC4CCCCC4)C[C@@H]3c3ccccc3)CC2)cc1. The fourth-order valence-electron chi connectivity index (χ4n) is 6.76. The summed E-state index contributed by atoms with van der Waals surface area (Å²) in [5.41, 5.74) is 3.09. The van der Waals surface area contributed by atoms with E-state index in [9.17, 15) is 0 Å². The van der Waals surface area contributed by atoms with Gasteiger partial charge in [-0.05, 0) is 74.1 Å². The summed E-state index contributed by atoms with van der Waals surface area (Å²) in [6.45, 7) is 7.80. The van der Waals surface area contributed by atoms with E-state index >= 15 is 0 Å². The molecular weight excluding hydrogens is 388 g/mol. The quantitative estimate of drug-likeness (QED) is 0.513. The first-order chi connectivity index (χ1) is 15.8. The van der Waals surface area contributed by atoms with Gasteiger partial charge in [-0.25, -0.2) is 0 Å². The van der Waals surface area contributed by atoms with E-state index in [-0.39, 0.29) is 0 Å². The van der Waals surface area contributed by atoms with Crippen LogP contribution < -0.4 is 0 Å². The lowest BCUT2D eigenvalue weighted by atomic mass is 9.86. The Morgan fingerprint density at radius 1 is 0.625 bits per heavy atom. The maximum Gasteiger partial charge on any atom is 0.00542 e. The molecule has 2 heteroatoms. The van der Waals surface area contributed by atoms with Crippen LogP contribution in [0.1, 0.15) is 62.0 Å². The molecule has 0 bridgehead atoms. The molecule has 0 spiro atoms. The van der Waals surface area contributed by atoms with Crippen LogP contribution in [0.15, 0.2) is 60.7 Å². The Hall–Kier alpha value is -1.64. The summed E-state index contributed by atoms with van der Waals surface area (Å²) in [6.07, 6.45) is 11.3. The molecule has 1 aliphatic carbocycles. The van der Waals surface area contributed by atoms with E-state index in [0.717, 1.165) is 17.8 Å². The number of benzene rings is 2. The van der Waals surface area contributed by atoms with Crippen molar-refractivity contribution in [3.63, 3.8) is 0 Å². The van der Waals surface area contributed by atoms with E-state index in [1.54, 1.807) is 5.56 Å². The van der Waals surface area contributed by atoms with E-state index in [1.165, 1.54) is 96.2 Å². The van der Waals surface area contributed by atoms with Gasteiger partial charge in [-0.3, -0.25) is 0 Å². The zero-order valence-corrected chi connectivity index (χ0v) is 19.9. The molecule has 0 N–H and O–H groups in total. The van der Waals surface area contributed by atoms with Crippen molar-refractivity contribution in [3.05, 3.63) is 71.8 Å². The summed E-state index contributed by atoms with van der Waals surface area (Å²) in [4.78, 5) is 5.63. The zero-order chi connectivity index (χ0) is 21.6. The Morgan fingerprint density at radius 3 is 2.03 bits per heavy atom. The molecule has 2 heterocycles. The van der Waals surface area contributed by atoms with Gasteiger partial charge >= 0.3 is 0 Å². The Kier molecular flexibility index (Phi) is 7.61. The Balaban J connectivity index is 1.17. The fourth-order valence-corrected chi connectivity index (χ4v) is 6.76. The van der Waals surface area contributed by atoms with Crippen molar-refractivity contribution in [1.82, 2.24) is 9.80 Å². The van der Waals surface area contributed by atoms with Crippen molar-refractivity contribution in [3.8, 4) is 0 Å². The van der Waals surface area contributed by atoms with Crippen molar-refractivity contribution in [1.29, 1.82) is 0 Å². The van der Waals surface area contributed by atoms with Crippen LogP contribution in [0.25, 0.3) is 0 Å². The van der Waals surface area contributed by atoms with Crippen LogP contribution in [0, 0.1) is 17.8 Å². The first-order valence-corrected chi connectivity index (χ1v) is 13.4. The lowest BCUT2D eigenvalue weighted by Gasteiger charge is -2.35. The van der Waals surface area contributed by atoms with Crippen LogP contribution >= 0.6 is 0 Å². The highest BCUT2D eigenvalue weighted by molar-refractivity contribution is 5.23. The number of hydrogen-bond acceptors (Lipinski definition) is 2. The van der Waals surface area contributed by atoms with Crippen LogP contribution in [0.2, 0.25) is 0 Å². The van der Waals surface area contributed by atoms with Crippen LogP contribution in [0.4, 0.5) is 0 Å². The van der Waals surface area contributed by atoms with Crippen molar-refractivity contribution in [2.45, 2.75) is 57.3 Å². The minimum atomic E-state index is 0.710. The molecule has 0 amide bonds. The van der Waals surface area contributed by atoms with Crippen LogP contribution in [-0.2, 0) is 6.42 Å². The molecule has 0 unspecified atom stereocenters. The van der Waals surface area contributed by atoms with Gasteiger partial charge in [0.2, 0.25) is 0 Å². The predicted octanol–water partition coefficient (Wildman–Crippen LogP) is 6.24. The van der Waals surface area contributed by atoms with Gasteiger partial charge in [-0.15, -0.1) is 0 Å². The zero-order valence-electron chi connectivity index (χ0n) is 19.9. The van der Waals surface area contributed by atoms with Gasteiger partial charge in [-0.2, -0.15) is 0 Å². The van der Waals surface area contributed by atoms with E-state index in [0.29, 0.717) is 5.92 Å². The highest BCUT2D eigenvalue weighted by atomic mass is 15.2. The van der Waals surface area contributed by atoms with Gasteiger partial charge in [0.1, 0.15) is 0 Å². The highest BCUT2D eigenvalue weighted by Crippen LogP contribution is 2.36. The molecule has 0 radical (unpaired) electrons. The standard InChI is InChI=1S/C30H42N2/c1-4-10-25(11-5-1)20-26-16-18-31(19-17-26)22-29-23-32(21-27-12-6-2-7-13-27)24-30(29)28-14-8-3-9-15-28/h1,3-5,8-11,14-15,26-27,29-30H,2,6-7,12-13,16-24H2/t29-,30+/m0/s1. The topological polar surface area (TPSA) is 6.48 Å². The maximum absolute atomic E-state index is 2.83. The first kappa shape index (κ1) is 22.2. The van der Waals surface area contributed by atoms with Crippen molar-refractivity contribution < 1.29 is 0 Å². The van der Waals surface area contributed by atoms with E-state index in [4.69, 9.17) is 0 Å². The molecule has 2 saturated heterocycles. The van der Waals surface area contributed by atoms with E-state index in [1.807, 2.05) is 0 Å². The lowest BCUT2D eigenvalue weighted by molar-refractivity contribution is 0.154. The summed E-state index contributed by atoms with van der Waals surface area (Å²) in [6, 6.07) is 22.5. The van der Waals surface area contributed by atoms with Gasteiger partial charge in [-0.1, -0.05) is 79.9 Å². The average molecular weight is 431 g/mol. The Bertz CT molecular complexity index is 790. The molecule has 5 rings (SSSR count). The lowest BCUT2D eigenvalue weighted by Crippen LogP contribution is -2.39. The second-order valence-electron chi connectivity index (χ2n) is 10.9. The average Bonchev–Trinajstić information content (AvgIpc) is 3.24. The third-order valence-electron chi connectivity index (χ3n) is 8.55. The van der Waals surface area contributed by atoms with Gasteiger partial charge in [0, 0.05) is 32.1 Å². The first-order valence-electron chi connectivity index (χ1n) is 13.4. The number of hydrogen-bond donors (Lipinski definition) is 0. The van der Waals surface area contributed by atoms with Crippen LogP contribution in [0.5, 0.6) is 0 Å². The molecule has 2 aliphatic heterocycles. The smallest absolute Gasteiger partial charge is 0.00542 e. The Morgan fingerprint density at radius 2 is 1.31 bits per heavy atom. The van der Waals surface area contributed by atoms with Gasteiger partial charge in [0.05, 0.1) is 0 Å². The molecular formula is C30H42N2. The molecule has 0 aromatic heterocycles. The van der Waals surface area contributed by atoms with E-state index < -0.39 is 0 Å². The number of rotatable bonds is 7. The number of piperidine rings is 1. The molecule has 32 heavy (non-hydrogen) atoms. The van der Waals surface area contributed by atoms with Crippen molar-refractivity contribution in [2.24, 2.45) is 17.8 Å². The molecule has 2 nitrogen and oxygen atoms in total. The number of nitrogens with zero attached hydrogens (tertiary/aromatic N) is 2. The monoisotopic (exact) mass is 430 g/mol. The minimum absolute atomic E-state index is 0.710. The second-order valence-corrected chi connectivity index (χ2v) is 10.9. The third-order valence-corrected chi connectivity index (χ3v) is 8.55. The largest absolute Gasteiger partial charge is 0.303 e. The molecule has 172 valence electrons. The third kappa shape index (κ3) is 5.83. The van der Waals surface area contributed by atoms with Gasteiger partial charge in [0.15, 0.2) is 0 Å². The molecule has 2 aromatic carbocycles. The van der Waals surface area contributed by atoms with Gasteiger partial charge < -0.3 is 9.80 Å². The Labute approximate surface area is 196 Å². The molecule has 3 fully saturated rings. The minimum Gasteiger partial charge on any atom is -0.303 e.